The molecule has 2 aliphatic rings. The summed E-state index contributed by atoms with van der Waals surface area (Å²) in [5.74, 6) is -0.412. The number of fused-ring (bicyclic) bond motifs is 1. The summed E-state index contributed by atoms with van der Waals surface area (Å²) in [6, 6.07) is 10.1. The maximum Gasteiger partial charge on any atom is 0.173 e. The van der Waals surface area contributed by atoms with E-state index in [1.54, 1.807) is 0 Å². The van der Waals surface area contributed by atoms with Crippen molar-refractivity contribution in [3.8, 4) is 0 Å². The van der Waals surface area contributed by atoms with E-state index >= 15 is 0 Å². The number of pyridine rings is 1. The van der Waals surface area contributed by atoms with Crippen molar-refractivity contribution < 1.29 is 14.2 Å². The molecule has 116 valence electrons. The number of aromatic nitrogens is 1. The molecule has 0 radical (unpaired) electrons. The smallest absolute Gasteiger partial charge is 0.173 e. The van der Waals surface area contributed by atoms with Crippen LogP contribution in [0.15, 0.2) is 36.5 Å². The first-order chi connectivity index (χ1) is 10.8. The quantitative estimate of drug-likeness (QED) is 0.944. The van der Waals surface area contributed by atoms with Crippen LogP contribution in [0.25, 0.3) is 10.9 Å². The van der Waals surface area contributed by atoms with E-state index in [1.807, 2.05) is 30.5 Å². The lowest BCUT2D eigenvalue weighted by Gasteiger charge is -2.31. The van der Waals surface area contributed by atoms with Crippen LogP contribution in [-0.4, -0.2) is 43.2 Å². The van der Waals surface area contributed by atoms with Crippen LogP contribution >= 0.6 is 0 Å². The Morgan fingerprint density at radius 1 is 1.18 bits per heavy atom. The minimum atomic E-state index is -0.412. The highest BCUT2D eigenvalue weighted by Gasteiger charge is 2.42. The third-order valence-corrected chi connectivity index (χ3v) is 4.34. The van der Waals surface area contributed by atoms with Crippen molar-refractivity contribution >= 4 is 16.6 Å². The third kappa shape index (κ3) is 2.67. The monoisotopic (exact) mass is 300 g/mol. The van der Waals surface area contributed by atoms with Gasteiger partial charge >= 0.3 is 0 Å². The van der Waals surface area contributed by atoms with Crippen LogP contribution in [-0.2, 0) is 14.2 Å². The molecule has 3 heterocycles. The van der Waals surface area contributed by atoms with Crippen LogP contribution in [0.4, 0.5) is 5.69 Å². The van der Waals surface area contributed by atoms with Crippen molar-refractivity contribution in [2.45, 2.75) is 24.7 Å². The van der Waals surface area contributed by atoms with Gasteiger partial charge in [0.05, 0.1) is 25.3 Å². The molecule has 0 aliphatic carbocycles. The Balaban J connectivity index is 1.42. The first-order valence-corrected chi connectivity index (χ1v) is 7.82. The number of nitrogens with one attached hydrogen (secondary N) is 1. The lowest BCUT2D eigenvalue weighted by molar-refractivity contribution is -0.209. The van der Waals surface area contributed by atoms with Crippen LogP contribution in [0.3, 0.4) is 0 Å². The fourth-order valence-corrected chi connectivity index (χ4v) is 3.14. The molecule has 0 saturated carbocycles. The Bertz CT molecular complexity index is 650. The Hall–Kier alpha value is -1.69. The summed E-state index contributed by atoms with van der Waals surface area (Å²) in [5, 5.41) is 4.60. The molecule has 1 spiro atoms. The predicted molar refractivity (Wildman–Crippen MR) is 83.8 cm³/mol. The molecule has 0 unspecified atom stereocenters. The van der Waals surface area contributed by atoms with Crippen LogP contribution in [0, 0.1) is 0 Å². The van der Waals surface area contributed by atoms with Crippen LogP contribution in [0.2, 0.25) is 0 Å². The fourth-order valence-electron chi connectivity index (χ4n) is 3.14. The number of ether oxygens (including phenoxy) is 3. The van der Waals surface area contributed by atoms with Gasteiger partial charge in [-0.2, -0.15) is 0 Å². The highest BCUT2D eigenvalue weighted by Crippen LogP contribution is 2.33. The topological polar surface area (TPSA) is 52.6 Å². The van der Waals surface area contributed by atoms with E-state index < -0.39 is 5.79 Å². The molecule has 5 heteroatoms. The molecule has 1 N–H and O–H groups in total. The van der Waals surface area contributed by atoms with Gasteiger partial charge in [0.15, 0.2) is 5.79 Å². The third-order valence-electron chi connectivity index (χ3n) is 4.34. The lowest BCUT2D eigenvalue weighted by atomic mass is 10.1. The van der Waals surface area contributed by atoms with E-state index in [1.165, 1.54) is 0 Å². The average molecular weight is 300 g/mol. The molecule has 2 saturated heterocycles. The Morgan fingerprint density at radius 3 is 2.95 bits per heavy atom. The first kappa shape index (κ1) is 13.9. The molecular weight excluding hydrogens is 280 g/mol. The number of benzene rings is 1. The maximum atomic E-state index is 6.14. The second-order valence-electron chi connectivity index (χ2n) is 5.83. The first-order valence-electron chi connectivity index (χ1n) is 7.82. The molecule has 1 aromatic heterocycles. The van der Waals surface area contributed by atoms with E-state index in [-0.39, 0.29) is 6.10 Å². The molecule has 4 rings (SSSR count). The van der Waals surface area contributed by atoms with Gasteiger partial charge in [-0.3, -0.25) is 4.98 Å². The van der Waals surface area contributed by atoms with Crippen LogP contribution in [0.5, 0.6) is 0 Å². The molecule has 1 aromatic carbocycles. The molecule has 0 amide bonds. The summed E-state index contributed by atoms with van der Waals surface area (Å²) in [6.45, 7) is 2.80. The average Bonchev–Trinajstić information content (AvgIpc) is 2.96. The van der Waals surface area contributed by atoms with Crippen molar-refractivity contribution in [3.05, 3.63) is 36.5 Å². The maximum absolute atomic E-state index is 6.14. The highest BCUT2D eigenvalue weighted by molar-refractivity contribution is 5.90. The van der Waals surface area contributed by atoms with Gasteiger partial charge in [-0.25, -0.2) is 0 Å². The summed E-state index contributed by atoms with van der Waals surface area (Å²) >= 11 is 0. The Kier molecular flexibility index (Phi) is 3.70. The minimum absolute atomic E-state index is 0.0741. The van der Waals surface area contributed by atoms with Crippen molar-refractivity contribution in [2.75, 3.05) is 31.7 Å². The summed E-state index contributed by atoms with van der Waals surface area (Å²) in [6.07, 6.45) is 3.55. The summed E-state index contributed by atoms with van der Waals surface area (Å²) in [7, 11) is 0. The zero-order valence-electron chi connectivity index (χ0n) is 12.5. The normalized spacial score (nSPS) is 23.9. The second-order valence-corrected chi connectivity index (χ2v) is 5.83. The van der Waals surface area contributed by atoms with Crippen molar-refractivity contribution in [1.29, 1.82) is 0 Å². The van der Waals surface area contributed by atoms with Crippen LogP contribution < -0.4 is 5.32 Å². The number of nitrogens with zero attached hydrogens (tertiary/aromatic N) is 1. The summed E-state index contributed by atoms with van der Waals surface area (Å²) in [5.41, 5.74) is 2.08. The molecule has 1 atom stereocenters. The number of rotatable bonds is 3. The van der Waals surface area contributed by atoms with Crippen molar-refractivity contribution in [3.63, 3.8) is 0 Å². The molecule has 2 aliphatic heterocycles. The lowest BCUT2D eigenvalue weighted by Crippen LogP contribution is -2.38. The molecule has 0 bridgehead atoms. The van der Waals surface area contributed by atoms with Gasteiger partial charge in [0, 0.05) is 36.7 Å². The van der Waals surface area contributed by atoms with Crippen LogP contribution in [0.1, 0.15) is 12.8 Å². The number of hydrogen-bond donors (Lipinski definition) is 1. The Labute approximate surface area is 129 Å². The molecule has 2 aromatic rings. The van der Waals surface area contributed by atoms with Gasteiger partial charge in [-0.05, 0) is 12.1 Å². The molecule has 5 nitrogen and oxygen atoms in total. The number of hydrogen-bond acceptors (Lipinski definition) is 5. The molecule has 2 fully saturated rings. The van der Waals surface area contributed by atoms with Crippen molar-refractivity contribution in [2.24, 2.45) is 0 Å². The highest BCUT2D eigenvalue weighted by atomic mass is 16.7. The van der Waals surface area contributed by atoms with Gasteiger partial charge in [0.25, 0.3) is 0 Å². The van der Waals surface area contributed by atoms with E-state index in [4.69, 9.17) is 14.2 Å². The number of para-hydroxylation sites is 1. The van der Waals surface area contributed by atoms with Gasteiger partial charge in [0.1, 0.15) is 6.10 Å². The molecular formula is C17H20N2O3. The zero-order valence-corrected chi connectivity index (χ0v) is 12.5. The second kappa shape index (κ2) is 5.83. The standard InChI is InChI=1S/C17H20N2O3/c1-2-4-15-14(3-1)16(5-8-18-15)19-11-13-12-21-17(22-13)6-9-20-10-7-17/h1-5,8,13H,6-7,9-12H2,(H,18,19)/t13-/m1/s1. The SMILES string of the molecule is c1ccc2c(NC[C@@H]3COC4(CCOCC4)O3)ccnc2c1. The van der Waals surface area contributed by atoms with E-state index in [9.17, 15) is 0 Å². The molecule has 22 heavy (non-hydrogen) atoms. The fraction of sp³-hybridized carbons (Fsp3) is 0.471. The van der Waals surface area contributed by atoms with Gasteiger partial charge in [-0.15, -0.1) is 0 Å². The van der Waals surface area contributed by atoms with E-state index in [0.717, 1.165) is 49.2 Å². The summed E-state index contributed by atoms with van der Waals surface area (Å²) in [4.78, 5) is 4.38. The minimum Gasteiger partial charge on any atom is -0.382 e. The number of anilines is 1. The van der Waals surface area contributed by atoms with Gasteiger partial charge < -0.3 is 19.5 Å². The largest absolute Gasteiger partial charge is 0.382 e. The van der Waals surface area contributed by atoms with E-state index in [2.05, 4.69) is 16.4 Å². The van der Waals surface area contributed by atoms with E-state index in [0.29, 0.717) is 6.61 Å². The van der Waals surface area contributed by atoms with Gasteiger partial charge in [-0.1, -0.05) is 18.2 Å². The Morgan fingerprint density at radius 2 is 2.05 bits per heavy atom. The van der Waals surface area contributed by atoms with Crippen molar-refractivity contribution in [1.82, 2.24) is 4.98 Å². The van der Waals surface area contributed by atoms with Gasteiger partial charge in [0.2, 0.25) is 0 Å². The predicted octanol–water partition coefficient (Wildman–Crippen LogP) is 2.57. The summed E-state index contributed by atoms with van der Waals surface area (Å²) < 4.78 is 17.4. The zero-order chi connectivity index (χ0) is 14.8.